The van der Waals surface area contributed by atoms with E-state index in [9.17, 15) is 13.2 Å². The first-order chi connectivity index (χ1) is 16.1. The van der Waals surface area contributed by atoms with Crippen LogP contribution in [0.2, 0.25) is 5.02 Å². The molecule has 180 valence electrons. The highest BCUT2D eigenvalue weighted by atomic mass is 35.5. The first-order valence-electron chi connectivity index (χ1n) is 10.9. The highest BCUT2D eigenvalue weighted by Gasteiger charge is 2.30. The zero-order chi connectivity index (χ0) is 24.9. The lowest BCUT2D eigenvalue weighted by atomic mass is 9.98. The Kier molecular flexibility index (Phi) is 8.36. The maximum absolute atomic E-state index is 13.7. The number of nitrogens with one attached hydrogen (secondary N) is 1. The van der Waals surface area contributed by atoms with Crippen LogP contribution in [0.4, 0.5) is 5.69 Å². The Morgan fingerprint density at radius 1 is 1.06 bits per heavy atom. The van der Waals surface area contributed by atoms with Gasteiger partial charge in [0.15, 0.2) is 0 Å². The Bertz CT molecular complexity index is 1260. The molecule has 0 atom stereocenters. The van der Waals surface area contributed by atoms with Crippen molar-refractivity contribution in [2.45, 2.75) is 38.1 Å². The topological polar surface area (TPSA) is 75.7 Å². The van der Waals surface area contributed by atoms with Crippen LogP contribution in [0.25, 0.3) is 0 Å². The molecule has 34 heavy (non-hydrogen) atoms. The van der Waals surface area contributed by atoms with Crippen LogP contribution in [0, 0.1) is 6.92 Å². The van der Waals surface area contributed by atoms with Gasteiger partial charge in [0.25, 0.3) is 0 Å². The van der Waals surface area contributed by atoms with Crippen molar-refractivity contribution in [2.75, 3.05) is 19.0 Å². The van der Waals surface area contributed by atoms with E-state index in [4.69, 9.17) is 16.3 Å². The van der Waals surface area contributed by atoms with E-state index >= 15 is 0 Å². The summed E-state index contributed by atoms with van der Waals surface area (Å²) in [5.41, 5.74) is 3.36. The Morgan fingerprint density at radius 3 is 2.41 bits per heavy atom. The zero-order valence-corrected chi connectivity index (χ0v) is 21.3. The predicted molar refractivity (Wildman–Crippen MR) is 136 cm³/mol. The maximum Gasteiger partial charge on any atom is 0.247 e. The van der Waals surface area contributed by atoms with E-state index in [-0.39, 0.29) is 34.7 Å². The molecule has 8 heteroatoms. The molecule has 0 radical (unpaired) electrons. The van der Waals surface area contributed by atoms with Crippen molar-refractivity contribution in [1.82, 2.24) is 4.31 Å². The molecule has 0 aliphatic carbocycles. The summed E-state index contributed by atoms with van der Waals surface area (Å²) >= 11 is 6.10. The molecule has 0 heterocycles. The molecule has 3 aromatic carbocycles. The molecule has 6 nitrogen and oxygen atoms in total. The van der Waals surface area contributed by atoms with Crippen molar-refractivity contribution in [3.05, 3.63) is 88.4 Å². The number of sulfonamides is 1. The van der Waals surface area contributed by atoms with E-state index in [1.807, 2.05) is 69.3 Å². The van der Waals surface area contributed by atoms with Gasteiger partial charge in [0.05, 0.1) is 13.7 Å². The number of carbonyl (C=O) groups excluding carboxylic acids is 1. The van der Waals surface area contributed by atoms with Crippen molar-refractivity contribution in [1.29, 1.82) is 0 Å². The lowest BCUT2D eigenvalue weighted by Crippen LogP contribution is -2.38. The number of methoxy groups -OCH3 is 1. The summed E-state index contributed by atoms with van der Waals surface area (Å²) < 4.78 is 33.8. The molecular formula is C26H29ClN2O4S. The van der Waals surface area contributed by atoms with Crippen molar-refractivity contribution in [3.8, 4) is 5.75 Å². The number of aryl methyl sites for hydroxylation is 1. The van der Waals surface area contributed by atoms with Gasteiger partial charge < -0.3 is 10.1 Å². The van der Waals surface area contributed by atoms with E-state index < -0.39 is 15.9 Å². The molecule has 1 N–H and O–H groups in total. The molecule has 3 aromatic rings. The summed E-state index contributed by atoms with van der Waals surface area (Å²) in [4.78, 5) is 13.1. The van der Waals surface area contributed by atoms with Gasteiger partial charge in [0.1, 0.15) is 10.6 Å². The number of amides is 1. The van der Waals surface area contributed by atoms with Crippen LogP contribution in [0.3, 0.4) is 0 Å². The Balaban J connectivity index is 1.98. The molecule has 0 aliphatic rings. The van der Waals surface area contributed by atoms with E-state index in [1.54, 1.807) is 6.07 Å². The van der Waals surface area contributed by atoms with Gasteiger partial charge in [-0.1, -0.05) is 74.0 Å². The van der Waals surface area contributed by atoms with Gasteiger partial charge in [-0.2, -0.15) is 4.31 Å². The third kappa shape index (κ3) is 5.97. The van der Waals surface area contributed by atoms with Crippen LogP contribution in [0.1, 0.15) is 36.5 Å². The number of para-hydroxylation sites is 1. The Hall–Kier alpha value is -2.87. The van der Waals surface area contributed by atoms with E-state index in [1.165, 1.54) is 19.2 Å². The van der Waals surface area contributed by atoms with E-state index in [0.717, 1.165) is 21.0 Å². The number of carbonyl (C=O) groups is 1. The van der Waals surface area contributed by atoms with Gasteiger partial charge in [0.2, 0.25) is 15.9 Å². The second kappa shape index (κ2) is 11.0. The fourth-order valence-corrected chi connectivity index (χ4v) is 5.49. The summed E-state index contributed by atoms with van der Waals surface area (Å²) in [6.07, 6.45) is 0. The number of hydrogen-bond donors (Lipinski definition) is 1. The quantitative estimate of drug-likeness (QED) is 0.414. The lowest BCUT2D eigenvalue weighted by Gasteiger charge is -2.24. The van der Waals surface area contributed by atoms with Gasteiger partial charge in [-0.05, 0) is 47.7 Å². The minimum Gasteiger partial charge on any atom is -0.495 e. The fourth-order valence-electron chi connectivity index (χ4n) is 3.69. The second-order valence-corrected chi connectivity index (χ2v) is 10.6. The smallest absolute Gasteiger partial charge is 0.247 e. The van der Waals surface area contributed by atoms with E-state index in [2.05, 4.69) is 5.32 Å². The number of nitrogens with zero attached hydrogens (tertiary/aromatic N) is 1. The molecule has 0 spiro atoms. The van der Waals surface area contributed by atoms with E-state index in [0.29, 0.717) is 5.69 Å². The van der Waals surface area contributed by atoms with Crippen molar-refractivity contribution < 1.29 is 17.9 Å². The molecule has 0 aliphatic heterocycles. The number of anilines is 1. The van der Waals surface area contributed by atoms with Crippen molar-refractivity contribution >= 4 is 33.2 Å². The summed E-state index contributed by atoms with van der Waals surface area (Å²) in [5, 5.41) is 3.19. The molecule has 0 fully saturated rings. The first kappa shape index (κ1) is 25.7. The van der Waals surface area contributed by atoms with Crippen LogP contribution in [0.5, 0.6) is 5.75 Å². The molecule has 3 rings (SSSR count). The fraction of sp³-hybridized carbons (Fsp3) is 0.269. The standard InChI is InChI=1S/C26H29ClN2O4S/c1-18(2)22-12-8-9-19(3)26(22)28-25(30)17-29(16-20-10-6-5-7-11-20)34(31,32)24-15-21(27)13-14-23(24)33-4/h5-15,18H,16-17H2,1-4H3,(H,28,30). The number of hydrogen-bond acceptors (Lipinski definition) is 4. The van der Waals surface area contributed by atoms with Gasteiger partial charge in [-0.3, -0.25) is 4.79 Å². The normalized spacial score (nSPS) is 11.6. The Labute approximate surface area is 206 Å². The Morgan fingerprint density at radius 2 is 1.76 bits per heavy atom. The van der Waals surface area contributed by atoms with Crippen LogP contribution < -0.4 is 10.1 Å². The molecule has 0 saturated heterocycles. The van der Waals surface area contributed by atoms with Gasteiger partial charge >= 0.3 is 0 Å². The third-order valence-electron chi connectivity index (χ3n) is 5.46. The summed E-state index contributed by atoms with van der Waals surface area (Å²) in [5.74, 6) is -0.0874. The lowest BCUT2D eigenvalue weighted by molar-refractivity contribution is -0.116. The van der Waals surface area contributed by atoms with Crippen LogP contribution in [-0.4, -0.2) is 32.3 Å². The third-order valence-corrected chi connectivity index (χ3v) is 7.50. The van der Waals surface area contributed by atoms with Gasteiger partial charge in [-0.15, -0.1) is 0 Å². The maximum atomic E-state index is 13.7. The number of halogens is 1. The van der Waals surface area contributed by atoms with Crippen molar-refractivity contribution in [3.63, 3.8) is 0 Å². The average Bonchev–Trinajstić information content (AvgIpc) is 2.80. The van der Waals surface area contributed by atoms with Crippen LogP contribution in [-0.2, 0) is 21.4 Å². The predicted octanol–water partition coefficient (Wildman–Crippen LogP) is 5.61. The summed E-state index contributed by atoms with van der Waals surface area (Å²) in [7, 11) is -2.73. The molecule has 0 bridgehead atoms. The zero-order valence-electron chi connectivity index (χ0n) is 19.7. The SMILES string of the molecule is COc1ccc(Cl)cc1S(=O)(=O)N(CC(=O)Nc1c(C)cccc1C(C)C)Cc1ccccc1. The van der Waals surface area contributed by atoms with Gasteiger partial charge in [-0.25, -0.2) is 8.42 Å². The molecular weight excluding hydrogens is 472 g/mol. The highest BCUT2D eigenvalue weighted by molar-refractivity contribution is 7.89. The molecule has 1 amide bonds. The number of benzene rings is 3. The largest absolute Gasteiger partial charge is 0.495 e. The molecule has 0 aromatic heterocycles. The van der Waals surface area contributed by atoms with Crippen LogP contribution >= 0.6 is 11.6 Å². The second-order valence-electron chi connectivity index (χ2n) is 8.30. The van der Waals surface area contributed by atoms with Crippen molar-refractivity contribution in [2.24, 2.45) is 0 Å². The average molecular weight is 501 g/mol. The summed E-state index contributed by atoms with van der Waals surface area (Å²) in [6.45, 7) is 5.64. The minimum absolute atomic E-state index is 0.0110. The highest BCUT2D eigenvalue weighted by Crippen LogP contribution is 2.31. The molecule has 0 unspecified atom stereocenters. The molecule has 0 saturated carbocycles. The number of rotatable bonds is 9. The monoisotopic (exact) mass is 500 g/mol. The minimum atomic E-state index is -4.13. The number of ether oxygens (including phenoxy) is 1. The van der Waals surface area contributed by atoms with Crippen LogP contribution in [0.15, 0.2) is 71.6 Å². The van der Waals surface area contributed by atoms with Gasteiger partial charge in [0, 0.05) is 17.3 Å². The first-order valence-corrected chi connectivity index (χ1v) is 12.7. The summed E-state index contributed by atoms with van der Waals surface area (Å²) in [6, 6.07) is 19.3.